The van der Waals surface area contributed by atoms with E-state index in [4.69, 9.17) is 0 Å². The Morgan fingerprint density at radius 3 is 2.83 bits per heavy atom. The zero-order chi connectivity index (χ0) is 16.5. The Labute approximate surface area is 135 Å². The molecule has 1 saturated heterocycles. The number of aryl methyl sites for hydroxylation is 1. The van der Waals surface area contributed by atoms with E-state index in [1.54, 1.807) is 18.3 Å². The van der Waals surface area contributed by atoms with Crippen molar-refractivity contribution in [3.8, 4) is 0 Å². The third-order valence-electron chi connectivity index (χ3n) is 4.20. The summed E-state index contributed by atoms with van der Waals surface area (Å²) in [6.45, 7) is 2.52. The number of hydrogen-bond donors (Lipinski definition) is 1. The molecular weight excluding hydrogens is 316 g/mol. The van der Waals surface area contributed by atoms with Crippen molar-refractivity contribution >= 4 is 10.0 Å². The van der Waals surface area contributed by atoms with E-state index in [1.807, 2.05) is 19.1 Å². The minimum absolute atomic E-state index is 0.0627. The molecule has 0 saturated carbocycles. The van der Waals surface area contributed by atoms with E-state index in [1.165, 1.54) is 15.2 Å². The maximum atomic E-state index is 12.9. The fraction of sp³-hybridized carbons (Fsp3) is 0.467. The van der Waals surface area contributed by atoms with Gasteiger partial charge in [0.05, 0.1) is 23.2 Å². The highest BCUT2D eigenvalue weighted by Gasteiger charge is 2.42. The summed E-state index contributed by atoms with van der Waals surface area (Å²) >= 11 is 0. The van der Waals surface area contributed by atoms with E-state index >= 15 is 0 Å². The van der Waals surface area contributed by atoms with Gasteiger partial charge in [0.2, 0.25) is 10.0 Å². The van der Waals surface area contributed by atoms with Crippen molar-refractivity contribution in [2.75, 3.05) is 13.1 Å². The Balaban J connectivity index is 1.82. The number of rotatable bonds is 5. The monoisotopic (exact) mass is 336 g/mol. The second-order valence-corrected chi connectivity index (χ2v) is 7.78. The third kappa shape index (κ3) is 3.15. The molecule has 1 aliphatic rings. The van der Waals surface area contributed by atoms with Crippen molar-refractivity contribution in [3.63, 3.8) is 0 Å². The van der Waals surface area contributed by atoms with Gasteiger partial charge in [0, 0.05) is 19.3 Å². The van der Waals surface area contributed by atoms with E-state index in [-0.39, 0.29) is 13.1 Å². The molecule has 7 nitrogen and oxygen atoms in total. The molecule has 1 aromatic heterocycles. The molecule has 0 bridgehead atoms. The van der Waals surface area contributed by atoms with Gasteiger partial charge in [0.15, 0.2) is 0 Å². The smallest absolute Gasteiger partial charge is 0.243 e. The fourth-order valence-electron chi connectivity index (χ4n) is 2.96. The van der Waals surface area contributed by atoms with E-state index in [0.29, 0.717) is 24.3 Å². The molecule has 0 amide bonds. The van der Waals surface area contributed by atoms with Crippen molar-refractivity contribution in [2.24, 2.45) is 0 Å². The lowest BCUT2D eigenvalue weighted by atomic mass is 10.0. The Kier molecular flexibility index (Phi) is 4.22. The van der Waals surface area contributed by atoms with Crippen LogP contribution in [0.4, 0.5) is 0 Å². The summed E-state index contributed by atoms with van der Waals surface area (Å²) in [4.78, 5) is 0.326. The molecule has 3 rings (SSSR count). The molecule has 2 aromatic rings. The van der Waals surface area contributed by atoms with Gasteiger partial charge in [-0.15, -0.1) is 5.10 Å². The fourth-order valence-corrected chi connectivity index (χ4v) is 4.77. The molecule has 23 heavy (non-hydrogen) atoms. The van der Waals surface area contributed by atoms with Crippen LogP contribution in [0.15, 0.2) is 41.6 Å². The van der Waals surface area contributed by atoms with Crippen LogP contribution < -0.4 is 0 Å². The van der Waals surface area contributed by atoms with Gasteiger partial charge in [0.25, 0.3) is 0 Å². The second-order valence-electron chi connectivity index (χ2n) is 5.87. The summed E-state index contributed by atoms with van der Waals surface area (Å²) in [5, 5.41) is 18.2. The first-order valence-corrected chi connectivity index (χ1v) is 9.03. The highest BCUT2D eigenvalue weighted by atomic mass is 32.2. The van der Waals surface area contributed by atoms with E-state index in [9.17, 15) is 13.5 Å². The van der Waals surface area contributed by atoms with Crippen LogP contribution in [-0.2, 0) is 23.0 Å². The molecular formula is C15H20N4O3S. The molecule has 1 atom stereocenters. The predicted octanol–water partition coefficient (Wildman–Crippen LogP) is 0.666. The summed E-state index contributed by atoms with van der Waals surface area (Å²) in [6, 6.07) is 7.01. The van der Waals surface area contributed by atoms with Crippen molar-refractivity contribution in [2.45, 2.75) is 36.8 Å². The van der Waals surface area contributed by atoms with Crippen LogP contribution >= 0.6 is 0 Å². The third-order valence-corrected chi connectivity index (χ3v) is 6.14. The Morgan fingerprint density at radius 1 is 1.35 bits per heavy atom. The van der Waals surface area contributed by atoms with Crippen LogP contribution in [0.3, 0.4) is 0 Å². The van der Waals surface area contributed by atoms with Gasteiger partial charge in [-0.2, -0.15) is 4.31 Å². The van der Waals surface area contributed by atoms with Gasteiger partial charge >= 0.3 is 0 Å². The summed E-state index contributed by atoms with van der Waals surface area (Å²) in [6.07, 6.45) is 4.21. The van der Waals surface area contributed by atoms with Crippen LogP contribution in [0, 0.1) is 0 Å². The highest BCUT2D eigenvalue weighted by Crippen LogP contribution is 2.29. The first kappa shape index (κ1) is 16.1. The van der Waals surface area contributed by atoms with Crippen LogP contribution in [-0.4, -0.2) is 51.5 Å². The Morgan fingerprint density at radius 2 is 2.13 bits per heavy atom. The number of aromatic nitrogens is 3. The van der Waals surface area contributed by atoms with E-state index in [0.717, 1.165) is 5.56 Å². The SMILES string of the molecule is CCc1ccccc1S(=O)(=O)N1CCC(O)(Cn2ccnn2)C1. The summed E-state index contributed by atoms with van der Waals surface area (Å²) < 4.78 is 28.7. The van der Waals surface area contributed by atoms with Gasteiger partial charge in [-0.05, 0) is 24.5 Å². The van der Waals surface area contributed by atoms with Gasteiger partial charge < -0.3 is 5.11 Å². The molecule has 1 aliphatic heterocycles. The predicted molar refractivity (Wildman–Crippen MR) is 84.2 cm³/mol. The number of β-amino-alcohol motifs (C(OH)–C–C–N with tert-alkyl or cyclic N) is 1. The molecule has 124 valence electrons. The zero-order valence-electron chi connectivity index (χ0n) is 13.0. The minimum atomic E-state index is -3.60. The average Bonchev–Trinajstić information content (AvgIpc) is 3.17. The van der Waals surface area contributed by atoms with Gasteiger partial charge in [-0.25, -0.2) is 13.1 Å². The largest absolute Gasteiger partial charge is 0.387 e. The zero-order valence-corrected chi connectivity index (χ0v) is 13.8. The summed E-state index contributed by atoms with van der Waals surface area (Å²) in [7, 11) is -3.60. The molecule has 0 spiro atoms. The maximum Gasteiger partial charge on any atom is 0.243 e. The lowest BCUT2D eigenvalue weighted by Gasteiger charge is -2.23. The molecule has 1 N–H and O–H groups in total. The average molecular weight is 336 g/mol. The topological polar surface area (TPSA) is 88.3 Å². The Bertz CT molecular complexity index is 776. The standard InChI is InChI=1S/C15H20N4O3S/c1-2-13-5-3-4-6-14(13)23(21,22)19-9-7-15(20,12-19)11-18-10-8-16-17-18/h3-6,8,10,20H,2,7,9,11-12H2,1H3. The van der Waals surface area contributed by atoms with E-state index in [2.05, 4.69) is 10.3 Å². The van der Waals surface area contributed by atoms with Crippen LogP contribution in [0.1, 0.15) is 18.9 Å². The lowest BCUT2D eigenvalue weighted by molar-refractivity contribution is 0.0341. The molecule has 0 aliphatic carbocycles. The van der Waals surface area contributed by atoms with Gasteiger partial charge in [0.1, 0.15) is 0 Å². The first-order chi connectivity index (χ1) is 10.9. The Hall–Kier alpha value is -1.77. The number of aliphatic hydroxyl groups is 1. The van der Waals surface area contributed by atoms with Crippen molar-refractivity contribution in [3.05, 3.63) is 42.2 Å². The lowest BCUT2D eigenvalue weighted by Crippen LogP contribution is -2.39. The quantitative estimate of drug-likeness (QED) is 0.867. The minimum Gasteiger partial charge on any atom is -0.387 e. The van der Waals surface area contributed by atoms with Crippen molar-refractivity contribution < 1.29 is 13.5 Å². The number of hydrogen-bond acceptors (Lipinski definition) is 5. The number of nitrogens with zero attached hydrogens (tertiary/aromatic N) is 4. The molecule has 8 heteroatoms. The van der Waals surface area contributed by atoms with Gasteiger partial charge in [-0.3, -0.25) is 0 Å². The van der Waals surface area contributed by atoms with Crippen LogP contribution in [0.2, 0.25) is 0 Å². The summed E-state index contributed by atoms with van der Waals surface area (Å²) in [5.74, 6) is 0. The molecule has 1 aromatic carbocycles. The van der Waals surface area contributed by atoms with Crippen molar-refractivity contribution in [1.29, 1.82) is 0 Å². The maximum absolute atomic E-state index is 12.9. The van der Waals surface area contributed by atoms with Crippen LogP contribution in [0.5, 0.6) is 0 Å². The van der Waals surface area contributed by atoms with Gasteiger partial charge in [-0.1, -0.05) is 30.3 Å². The molecule has 1 unspecified atom stereocenters. The first-order valence-electron chi connectivity index (χ1n) is 7.59. The molecule has 1 fully saturated rings. The number of sulfonamides is 1. The highest BCUT2D eigenvalue weighted by molar-refractivity contribution is 7.89. The summed E-state index contributed by atoms with van der Waals surface area (Å²) in [5.41, 5.74) is -0.332. The second kappa shape index (κ2) is 6.03. The van der Waals surface area contributed by atoms with Crippen molar-refractivity contribution in [1.82, 2.24) is 19.3 Å². The van der Waals surface area contributed by atoms with E-state index < -0.39 is 15.6 Å². The normalized spacial score (nSPS) is 22.5. The molecule has 2 heterocycles. The number of benzene rings is 1. The van der Waals surface area contributed by atoms with Crippen LogP contribution in [0.25, 0.3) is 0 Å². The molecule has 0 radical (unpaired) electrons.